The molecule has 0 fully saturated rings. The molecule has 0 bridgehead atoms. The van der Waals surface area contributed by atoms with Crippen LogP contribution in [0.5, 0.6) is 5.75 Å². The minimum Gasteiger partial charge on any atom is -0.489 e. The van der Waals surface area contributed by atoms with Gasteiger partial charge in [-0.2, -0.15) is 5.06 Å². The average Bonchev–Trinajstić information content (AvgIpc) is 2.53. The molecular weight excluding hydrogens is 425 g/mol. The highest BCUT2D eigenvalue weighted by molar-refractivity contribution is 14.1. The van der Waals surface area contributed by atoms with Gasteiger partial charge in [0, 0.05) is 9.13 Å². The van der Waals surface area contributed by atoms with E-state index in [2.05, 4.69) is 28.7 Å². The van der Waals surface area contributed by atoms with Crippen molar-refractivity contribution >= 4 is 45.7 Å². The summed E-state index contributed by atoms with van der Waals surface area (Å²) in [4.78, 5) is 0. The van der Waals surface area contributed by atoms with Crippen LogP contribution in [0.4, 0.5) is 5.69 Å². The van der Waals surface area contributed by atoms with Gasteiger partial charge in [0.25, 0.3) is 5.17 Å². The summed E-state index contributed by atoms with van der Waals surface area (Å²) in [7, 11) is 1.42. The zero-order valence-corrected chi connectivity index (χ0v) is 16.1. The van der Waals surface area contributed by atoms with Gasteiger partial charge in [0.2, 0.25) is 0 Å². The van der Waals surface area contributed by atoms with Crippen molar-refractivity contribution in [2.75, 3.05) is 12.2 Å². The minimum atomic E-state index is -0.0141. The van der Waals surface area contributed by atoms with Gasteiger partial charge >= 0.3 is 0 Å². The van der Waals surface area contributed by atoms with Crippen LogP contribution in [-0.4, -0.2) is 17.5 Å². The Labute approximate surface area is 155 Å². The highest BCUT2D eigenvalue weighted by Crippen LogP contribution is 2.28. The normalized spacial score (nSPS) is 10.3. The van der Waals surface area contributed by atoms with Crippen molar-refractivity contribution < 1.29 is 14.7 Å². The molecule has 0 amide bonds. The molecule has 2 rings (SSSR count). The van der Waals surface area contributed by atoms with Crippen molar-refractivity contribution in [1.29, 1.82) is 0 Å². The summed E-state index contributed by atoms with van der Waals surface area (Å²) >= 11 is 7.20. The number of hydrogen-bond donors (Lipinski definition) is 1. The summed E-state index contributed by atoms with van der Waals surface area (Å²) < 4.78 is 11.8. The van der Waals surface area contributed by atoms with E-state index in [-0.39, 0.29) is 5.17 Å². The zero-order chi connectivity index (χ0) is 17.0. The lowest BCUT2D eigenvalue weighted by Crippen LogP contribution is -2.28. The smallest absolute Gasteiger partial charge is 0.288 e. The van der Waals surface area contributed by atoms with E-state index in [1.165, 1.54) is 12.7 Å². The molecule has 0 saturated carbocycles. The third kappa shape index (κ3) is 4.33. The molecule has 4 nitrogen and oxygen atoms in total. The fourth-order valence-corrected chi connectivity index (χ4v) is 2.92. The lowest BCUT2D eigenvalue weighted by Gasteiger charge is -2.21. The third-order valence-corrected chi connectivity index (χ3v) is 4.72. The van der Waals surface area contributed by atoms with Gasteiger partial charge in [0.05, 0.1) is 12.8 Å². The maximum Gasteiger partial charge on any atom is 0.288 e. The Morgan fingerprint density at radius 3 is 2.65 bits per heavy atom. The van der Waals surface area contributed by atoms with Gasteiger partial charge in [-0.1, -0.05) is 23.8 Å². The van der Waals surface area contributed by atoms with E-state index in [0.717, 1.165) is 25.5 Å². The van der Waals surface area contributed by atoms with Crippen molar-refractivity contribution in [2.45, 2.75) is 20.5 Å². The Balaban J connectivity index is 2.27. The van der Waals surface area contributed by atoms with Crippen LogP contribution in [0.1, 0.15) is 16.7 Å². The number of hydroxylamine groups is 1. The fourth-order valence-electron chi connectivity index (χ4n) is 2.18. The second kappa shape index (κ2) is 7.94. The van der Waals surface area contributed by atoms with Crippen molar-refractivity contribution in [3.8, 4) is 5.75 Å². The second-order valence-corrected chi connectivity index (χ2v) is 6.59. The zero-order valence-electron chi connectivity index (χ0n) is 13.2. The lowest BCUT2D eigenvalue weighted by molar-refractivity contribution is 0.264. The van der Waals surface area contributed by atoms with Crippen LogP contribution >= 0.6 is 34.8 Å². The molecule has 0 unspecified atom stereocenters. The summed E-state index contributed by atoms with van der Waals surface area (Å²) in [5.74, 6) is 0.819. The summed E-state index contributed by atoms with van der Waals surface area (Å²) in [6.07, 6.45) is 0. The van der Waals surface area contributed by atoms with Crippen molar-refractivity contribution in [3.63, 3.8) is 0 Å². The predicted molar refractivity (Wildman–Crippen MR) is 103 cm³/mol. The van der Waals surface area contributed by atoms with Crippen LogP contribution in [0.15, 0.2) is 36.4 Å². The van der Waals surface area contributed by atoms with Gasteiger partial charge in [-0.3, -0.25) is 5.21 Å². The molecule has 0 radical (unpaired) electrons. The molecule has 0 aliphatic heterocycles. The Hall–Kier alpha value is -1.38. The lowest BCUT2D eigenvalue weighted by atomic mass is 10.1. The Bertz CT molecular complexity index is 721. The molecule has 0 atom stereocenters. The molecule has 6 heteroatoms. The maximum absolute atomic E-state index is 10.2. The molecule has 0 aromatic heterocycles. The number of aryl methyl sites for hydroxylation is 2. The number of methoxy groups -OCH3 is 1. The van der Waals surface area contributed by atoms with E-state index in [1.54, 1.807) is 6.07 Å². The summed E-state index contributed by atoms with van der Waals surface area (Å²) in [6.45, 7) is 4.38. The SMILES string of the molecule is COC(=S)N(O)c1cccc(I)c1COc1ccc(C)cc1C. The first-order chi connectivity index (χ1) is 10.9. The van der Waals surface area contributed by atoms with Crippen LogP contribution in [0, 0.1) is 17.4 Å². The third-order valence-electron chi connectivity index (χ3n) is 3.37. The van der Waals surface area contributed by atoms with E-state index in [9.17, 15) is 5.21 Å². The number of thiocarbonyl (C=S) groups is 1. The van der Waals surface area contributed by atoms with Crippen LogP contribution in [0.25, 0.3) is 0 Å². The number of nitrogens with zero attached hydrogens (tertiary/aromatic N) is 1. The van der Waals surface area contributed by atoms with Crippen LogP contribution < -0.4 is 9.80 Å². The molecule has 1 N–H and O–H groups in total. The molecule has 0 aliphatic carbocycles. The van der Waals surface area contributed by atoms with Crippen molar-refractivity contribution in [2.24, 2.45) is 0 Å². The highest BCUT2D eigenvalue weighted by atomic mass is 127. The van der Waals surface area contributed by atoms with Gasteiger partial charge in [0.15, 0.2) is 0 Å². The van der Waals surface area contributed by atoms with Crippen molar-refractivity contribution in [1.82, 2.24) is 0 Å². The molecule has 0 saturated heterocycles. The van der Waals surface area contributed by atoms with Crippen LogP contribution in [0.3, 0.4) is 0 Å². The van der Waals surface area contributed by atoms with Crippen LogP contribution in [-0.2, 0) is 11.3 Å². The fraction of sp³-hybridized carbons (Fsp3) is 0.235. The average molecular weight is 443 g/mol. The minimum absolute atomic E-state index is 0.0141. The van der Waals surface area contributed by atoms with Gasteiger partial charge < -0.3 is 9.47 Å². The van der Waals surface area contributed by atoms with E-state index in [1.807, 2.05) is 38.1 Å². The quantitative estimate of drug-likeness (QED) is 0.425. The van der Waals surface area contributed by atoms with Gasteiger partial charge in [-0.25, -0.2) is 0 Å². The van der Waals surface area contributed by atoms with E-state index < -0.39 is 0 Å². The Kier molecular flexibility index (Phi) is 6.20. The second-order valence-electron chi connectivity index (χ2n) is 5.08. The molecule has 0 aliphatic rings. The number of anilines is 1. The first kappa shape index (κ1) is 18.0. The predicted octanol–water partition coefficient (Wildman–Crippen LogP) is 4.61. The Morgan fingerprint density at radius 2 is 2.00 bits per heavy atom. The molecular formula is C17H18INO3S. The van der Waals surface area contributed by atoms with Gasteiger partial charge in [-0.15, -0.1) is 0 Å². The number of halogens is 1. The number of benzene rings is 2. The van der Waals surface area contributed by atoms with E-state index in [4.69, 9.17) is 21.7 Å². The summed E-state index contributed by atoms with van der Waals surface area (Å²) in [5.41, 5.74) is 3.66. The van der Waals surface area contributed by atoms with Gasteiger partial charge in [-0.05, 0) is 72.4 Å². The monoisotopic (exact) mass is 443 g/mol. The standard InChI is InChI=1S/C17H18INO3S/c1-11-7-8-16(12(2)9-11)22-10-13-14(18)5-4-6-15(13)19(20)17(23)21-3/h4-9,20H,10H2,1-3H3. The molecule has 122 valence electrons. The number of rotatable bonds is 4. The topological polar surface area (TPSA) is 41.9 Å². The van der Waals surface area contributed by atoms with E-state index >= 15 is 0 Å². The summed E-state index contributed by atoms with van der Waals surface area (Å²) in [5, 5.41) is 11.0. The molecule has 2 aromatic carbocycles. The van der Waals surface area contributed by atoms with Crippen molar-refractivity contribution in [3.05, 3.63) is 56.7 Å². The number of ether oxygens (including phenoxy) is 2. The van der Waals surface area contributed by atoms with Crippen LogP contribution in [0.2, 0.25) is 0 Å². The first-order valence-corrected chi connectivity index (χ1v) is 8.47. The van der Waals surface area contributed by atoms with Gasteiger partial charge in [0.1, 0.15) is 12.4 Å². The molecule has 0 spiro atoms. The largest absolute Gasteiger partial charge is 0.489 e. The Morgan fingerprint density at radius 1 is 1.26 bits per heavy atom. The maximum atomic E-state index is 10.2. The molecule has 2 aromatic rings. The number of hydrogen-bond acceptors (Lipinski definition) is 4. The van der Waals surface area contributed by atoms with E-state index in [0.29, 0.717) is 12.3 Å². The summed E-state index contributed by atoms with van der Waals surface area (Å²) in [6, 6.07) is 11.6. The molecule has 0 heterocycles. The highest BCUT2D eigenvalue weighted by Gasteiger charge is 2.17. The first-order valence-electron chi connectivity index (χ1n) is 6.98. The molecule has 23 heavy (non-hydrogen) atoms.